The van der Waals surface area contributed by atoms with E-state index in [1.165, 1.54) is 20.2 Å². The minimum Gasteiger partial charge on any atom is -0.148 e. The second-order valence-corrected chi connectivity index (χ2v) is 7.67. The highest BCUT2D eigenvalue weighted by Gasteiger charge is 2.06. The van der Waals surface area contributed by atoms with Gasteiger partial charge in [0.1, 0.15) is 0 Å². The molecule has 0 amide bonds. The number of benzene rings is 2. The standard InChI is InChI=1S/C18H16S3/c1-3-7-16(8-4-1)20-13-15-11-12-19-18(15)14-21-17-9-5-2-6-10-17/h1-12H,13-14H2. The van der Waals surface area contributed by atoms with Gasteiger partial charge in [0, 0.05) is 26.2 Å². The number of hydrogen-bond donors (Lipinski definition) is 0. The van der Waals surface area contributed by atoms with Crippen LogP contribution in [-0.2, 0) is 11.5 Å². The van der Waals surface area contributed by atoms with Gasteiger partial charge in [-0.2, -0.15) is 0 Å². The summed E-state index contributed by atoms with van der Waals surface area (Å²) in [5.41, 5.74) is 1.47. The molecule has 0 unspecified atom stereocenters. The smallest absolute Gasteiger partial charge is 0.0329 e. The van der Waals surface area contributed by atoms with Gasteiger partial charge in [0.05, 0.1) is 0 Å². The van der Waals surface area contributed by atoms with Crippen LogP contribution in [0.25, 0.3) is 0 Å². The zero-order valence-electron chi connectivity index (χ0n) is 11.6. The lowest BCUT2D eigenvalue weighted by Crippen LogP contribution is -1.84. The number of hydrogen-bond acceptors (Lipinski definition) is 3. The monoisotopic (exact) mass is 328 g/mol. The van der Waals surface area contributed by atoms with Crippen LogP contribution in [0.5, 0.6) is 0 Å². The van der Waals surface area contributed by atoms with E-state index in [2.05, 4.69) is 72.1 Å². The summed E-state index contributed by atoms with van der Waals surface area (Å²) in [6, 6.07) is 23.5. The van der Waals surface area contributed by atoms with Crippen molar-refractivity contribution in [3.05, 3.63) is 82.6 Å². The van der Waals surface area contributed by atoms with E-state index in [0.717, 1.165) is 11.5 Å². The van der Waals surface area contributed by atoms with E-state index in [9.17, 15) is 0 Å². The second-order valence-electron chi connectivity index (χ2n) is 4.57. The van der Waals surface area contributed by atoms with Crippen LogP contribution in [0.1, 0.15) is 10.4 Å². The number of thiophene rings is 1. The van der Waals surface area contributed by atoms with E-state index in [0.29, 0.717) is 0 Å². The summed E-state index contributed by atoms with van der Waals surface area (Å²) in [5.74, 6) is 2.12. The Morgan fingerprint density at radius 1 is 0.667 bits per heavy atom. The molecule has 3 rings (SSSR count). The molecular weight excluding hydrogens is 312 g/mol. The summed E-state index contributed by atoms with van der Waals surface area (Å²) in [5, 5.41) is 2.21. The van der Waals surface area contributed by atoms with Gasteiger partial charge < -0.3 is 0 Å². The molecule has 0 atom stereocenters. The van der Waals surface area contributed by atoms with Crippen molar-refractivity contribution in [2.45, 2.75) is 21.3 Å². The Bertz CT molecular complexity index is 601. The summed E-state index contributed by atoms with van der Waals surface area (Å²) < 4.78 is 0. The summed E-state index contributed by atoms with van der Waals surface area (Å²) in [6.07, 6.45) is 0. The van der Waals surface area contributed by atoms with E-state index >= 15 is 0 Å². The number of thioether (sulfide) groups is 2. The van der Waals surface area contributed by atoms with Gasteiger partial charge in [-0.05, 0) is 41.3 Å². The molecule has 1 heterocycles. The van der Waals surface area contributed by atoms with Gasteiger partial charge in [0.25, 0.3) is 0 Å². The van der Waals surface area contributed by atoms with Crippen molar-refractivity contribution in [1.29, 1.82) is 0 Å². The molecule has 0 aliphatic carbocycles. The molecule has 0 N–H and O–H groups in total. The van der Waals surface area contributed by atoms with Crippen LogP contribution in [-0.4, -0.2) is 0 Å². The highest BCUT2D eigenvalue weighted by Crippen LogP contribution is 2.31. The van der Waals surface area contributed by atoms with Crippen LogP contribution in [0, 0.1) is 0 Å². The fraction of sp³-hybridized carbons (Fsp3) is 0.111. The van der Waals surface area contributed by atoms with Crippen LogP contribution < -0.4 is 0 Å². The van der Waals surface area contributed by atoms with Gasteiger partial charge >= 0.3 is 0 Å². The Hall–Kier alpha value is -1.16. The zero-order valence-corrected chi connectivity index (χ0v) is 14.0. The van der Waals surface area contributed by atoms with Crippen LogP contribution in [0.2, 0.25) is 0 Å². The summed E-state index contributed by atoms with van der Waals surface area (Å²) in [7, 11) is 0. The van der Waals surface area contributed by atoms with Crippen molar-refractivity contribution in [1.82, 2.24) is 0 Å². The summed E-state index contributed by atoms with van der Waals surface area (Å²) in [4.78, 5) is 4.17. The molecule has 0 aliphatic rings. The topological polar surface area (TPSA) is 0 Å². The summed E-state index contributed by atoms with van der Waals surface area (Å²) >= 11 is 5.70. The first kappa shape index (κ1) is 14.8. The first-order valence-electron chi connectivity index (χ1n) is 6.83. The average Bonchev–Trinajstić information content (AvgIpc) is 3.00. The maximum absolute atomic E-state index is 2.27. The van der Waals surface area contributed by atoms with Gasteiger partial charge in [0.2, 0.25) is 0 Å². The van der Waals surface area contributed by atoms with Crippen LogP contribution in [0.4, 0.5) is 0 Å². The molecule has 0 saturated carbocycles. The zero-order chi connectivity index (χ0) is 14.3. The molecule has 2 aromatic carbocycles. The Morgan fingerprint density at radius 3 is 1.86 bits per heavy atom. The van der Waals surface area contributed by atoms with Crippen LogP contribution >= 0.6 is 34.9 Å². The minimum absolute atomic E-state index is 1.05. The molecule has 1 aromatic heterocycles. The molecule has 0 aliphatic heterocycles. The first-order valence-corrected chi connectivity index (χ1v) is 9.68. The van der Waals surface area contributed by atoms with Crippen molar-refractivity contribution in [2.24, 2.45) is 0 Å². The van der Waals surface area contributed by atoms with Crippen molar-refractivity contribution in [3.8, 4) is 0 Å². The van der Waals surface area contributed by atoms with Crippen molar-refractivity contribution in [2.75, 3.05) is 0 Å². The molecule has 106 valence electrons. The maximum Gasteiger partial charge on any atom is 0.0329 e. The van der Waals surface area contributed by atoms with E-state index in [1.807, 2.05) is 34.9 Å². The van der Waals surface area contributed by atoms with Gasteiger partial charge in [0.15, 0.2) is 0 Å². The molecule has 0 nitrogen and oxygen atoms in total. The molecule has 0 fully saturated rings. The van der Waals surface area contributed by atoms with Crippen LogP contribution in [0.3, 0.4) is 0 Å². The average molecular weight is 329 g/mol. The lowest BCUT2D eigenvalue weighted by Gasteiger charge is -2.04. The molecular formula is C18H16S3. The van der Waals surface area contributed by atoms with Crippen LogP contribution in [0.15, 0.2) is 81.9 Å². The predicted molar refractivity (Wildman–Crippen MR) is 96.3 cm³/mol. The Kier molecular flexibility index (Phi) is 5.44. The highest BCUT2D eigenvalue weighted by atomic mass is 32.2. The SMILES string of the molecule is c1ccc(SCc2ccsc2CSc2ccccc2)cc1. The summed E-state index contributed by atoms with van der Waals surface area (Å²) in [6.45, 7) is 0. The van der Waals surface area contributed by atoms with Gasteiger partial charge in [-0.1, -0.05) is 36.4 Å². The third-order valence-electron chi connectivity index (χ3n) is 3.09. The predicted octanol–water partition coefficient (Wildman–Crippen LogP) is 6.33. The molecule has 0 radical (unpaired) electrons. The van der Waals surface area contributed by atoms with Crippen molar-refractivity contribution in [3.63, 3.8) is 0 Å². The van der Waals surface area contributed by atoms with E-state index in [-0.39, 0.29) is 0 Å². The first-order chi connectivity index (χ1) is 10.4. The molecule has 3 heteroatoms. The Labute approximate surface area is 138 Å². The molecule has 0 spiro atoms. The van der Waals surface area contributed by atoms with E-state index < -0.39 is 0 Å². The molecule has 0 bridgehead atoms. The third-order valence-corrected chi connectivity index (χ3v) is 6.33. The molecule has 3 aromatic rings. The second kappa shape index (κ2) is 7.74. The largest absolute Gasteiger partial charge is 0.148 e. The van der Waals surface area contributed by atoms with Crippen molar-refractivity contribution < 1.29 is 0 Å². The fourth-order valence-electron chi connectivity index (χ4n) is 1.97. The maximum atomic E-state index is 2.27. The van der Waals surface area contributed by atoms with Gasteiger partial charge in [-0.3, -0.25) is 0 Å². The lowest BCUT2D eigenvalue weighted by molar-refractivity contribution is 1.34. The van der Waals surface area contributed by atoms with E-state index in [1.54, 1.807) is 0 Å². The fourth-order valence-corrected chi connectivity index (χ4v) is 4.97. The third kappa shape index (κ3) is 4.40. The lowest BCUT2D eigenvalue weighted by atomic mass is 10.3. The quantitative estimate of drug-likeness (QED) is 0.485. The van der Waals surface area contributed by atoms with Gasteiger partial charge in [-0.15, -0.1) is 34.9 Å². The minimum atomic E-state index is 1.05. The number of rotatable bonds is 6. The molecule has 0 saturated heterocycles. The van der Waals surface area contributed by atoms with E-state index in [4.69, 9.17) is 0 Å². The Balaban J connectivity index is 1.59. The normalized spacial score (nSPS) is 10.7. The van der Waals surface area contributed by atoms with Crippen molar-refractivity contribution >= 4 is 34.9 Å². The highest BCUT2D eigenvalue weighted by molar-refractivity contribution is 7.99. The Morgan fingerprint density at radius 2 is 1.24 bits per heavy atom. The molecule has 21 heavy (non-hydrogen) atoms. The van der Waals surface area contributed by atoms with Gasteiger partial charge in [-0.25, -0.2) is 0 Å².